The van der Waals surface area contributed by atoms with Gasteiger partial charge in [0, 0.05) is 11.6 Å². The van der Waals surface area contributed by atoms with Gasteiger partial charge in [0.2, 0.25) is 0 Å². The van der Waals surface area contributed by atoms with Crippen LogP contribution in [0.15, 0.2) is 18.6 Å². The molecule has 4 heteroatoms. The maximum Gasteiger partial charge on any atom is 0.162 e. The molecule has 0 bridgehead atoms. The third-order valence-corrected chi connectivity index (χ3v) is 1.80. The van der Waals surface area contributed by atoms with E-state index in [0.717, 1.165) is 5.39 Å². The van der Waals surface area contributed by atoms with Gasteiger partial charge in [-0.25, -0.2) is 15.0 Å². The lowest BCUT2D eigenvalue weighted by molar-refractivity contribution is 1.14. The van der Waals surface area contributed by atoms with Crippen LogP contribution in [0.3, 0.4) is 0 Å². The number of pyridine rings is 1. The van der Waals surface area contributed by atoms with Gasteiger partial charge in [0.1, 0.15) is 12.4 Å². The van der Waals surface area contributed by atoms with Crippen molar-refractivity contribution in [3.05, 3.63) is 29.8 Å². The number of fused-ring (bicyclic) bond motifs is 1. The summed E-state index contributed by atoms with van der Waals surface area (Å²) in [5.41, 5.74) is 1.91. The number of nitrogens with zero attached hydrogens (tertiary/aromatic N) is 4. The minimum atomic E-state index is 0.572. The van der Waals surface area contributed by atoms with Gasteiger partial charge in [0.25, 0.3) is 0 Å². The molecular weight excluding hydrogens is 164 g/mol. The van der Waals surface area contributed by atoms with Crippen LogP contribution >= 0.6 is 0 Å². The van der Waals surface area contributed by atoms with Crippen LogP contribution in [0.2, 0.25) is 0 Å². The Balaban J connectivity index is 2.83. The Labute approximate surface area is 74.9 Å². The molecule has 4 nitrogen and oxygen atoms in total. The molecule has 0 radical (unpaired) electrons. The second-order valence-corrected chi connectivity index (χ2v) is 2.67. The van der Waals surface area contributed by atoms with E-state index in [9.17, 15) is 0 Å². The fourth-order valence-electron chi connectivity index (χ4n) is 1.12. The summed E-state index contributed by atoms with van der Waals surface area (Å²) in [4.78, 5) is 12.0. The van der Waals surface area contributed by atoms with E-state index in [-0.39, 0.29) is 0 Å². The van der Waals surface area contributed by atoms with E-state index >= 15 is 0 Å². The van der Waals surface area contributed by atoms with Crippen molar-refractivity contribution in [3.8, 4) is 6.07 Å². The smallest absolute Gasteiger partial charge is 0.162 e. The molecule has 0 spiro atoms. The van der Waals surface area contributed by atoms with Gasteiger partial charge in [0.05, 0.1) is 11.3 Å². The zero-order valence-corrected chi connectivity index (χ0v) is 7.02. The van der Waals surface area contributed by atoms with Crippen molar-refractivity contribution >= 4 is 11.0 Å². The molecule has 2 heterocycles. The molecule has 0 atom stereocenters. The topological polar surface area (TPSA) is 62.5 Å². The van der Waals surface area contributed by atoms with Crippen molar-refractivity contribution in [1.29, 1.82) is 5.26 Å². The molecule has 0 aliphatic heterocycles. The average molecular weight is 170 g/mol. The molecule has 0 aliphatic carbocycles. The largest absolute Gasteiger partial charge is 0.244 e. The lowest BCUT2D eigenvalue weighted by atomic mass is 10.2. The van der Waals surface area contributed by atoms with Crippen LogP contribution in [0.4, 0.5) is 0 Å². The number of aryl methyl sites for hydroxylation is 1. The third-order valence-electron chi connectivity index (χ3n) is 1.80. The van der Waals surface area contributed by atoms with Crippen LogP contribution in [-0.2, 0) is 0 Å². The summed E-state index contributed by atoms with van der Waals surface area (Å²) in [5.74, 6) is 0. The third kappa shape index (κ3) is 1.20. The lowest BCUT2D eigenvalue weighted by Crippen LogP contribution is -1.91. The highest BCUT2D eigenvalue weighted by atomic mass is 14.9. The van der Waals surface area contributed by atoms with Gasteiger partial charge >= 0.3 is 0 Å². The predicted octanol–water partition coefficient (Wildman–Crippen LogP) is 1.20. The molecule has 62 valence electrons. The number of nitriles is 1. The molecule has 0 aliphatic rings. The van der Waals surface area contributed by atoms with Gasteiger partial charge in [-0.3, -0.25) is 0 Å². The first-order chi connectivity index (χ1) is 6.31. The van der Waals surface area contributed by atoms with Crippen molar-refractivity contribution in [3.63, 3.8) is 0 Å². The Morgan fingerprint density at radius 1 is 1.46 bits per heavy atom. The fraction of sp³-hybridized carbons (Fsp3) is 0.111. The zero-order chi connectivity index (χ0) is 9.26. The first-order valence-corrected chi connectivity index (χ1v) is 3.79. The Bertz CT molecular complexity index is 498. The Hall–Kier alpha value is -2.02. The molecule has 0 N–H and O–H groups in total. The van der Waals surface area contributed by atoms with Gasteiger partial charge in [-0.05, 0) is 13.0 Å². The molecule has 2 rings (SSSR count). The average Bonchev–Trinajstić information content (AvgIpc) is 2.17. The predicted molar refractivity (Wildman–Crippen MR) is 46.8 cm³/mol. The maximum absolute atomic E-state index is 8.75. The lowest BCUT2D eigenvalue weighted by Gasteiger charge is -1.98. The standard InChI is InChI=1S/C9H6N4/c1-6-7(3-10)2-8-4-11-5-12-9(8)13-6/h2,4-5H,1H3. The van der Waals surface area contributed by atoms with E-state index < -0.39 is 0 Å². The van der Waals surface area contributed by atoms with Crippen LogP contribution in [0, 0.1) is 18.3 Å². The molecule has 2 aromatic rings. The first-order valence-electron chi connectivity index (χ1n) is 3.79. The maximum atomic E-state index is 8.75. The Morgan fingerprint density at radius 3 is 3.08 bits per heavy atom. The molecule has 2 aromatic heterocycles. The SMILES string of the molecule is Cc1nc2ncncc2cc1C#N. The van der Waals surface area contributed by atoms with Gasteiger partial charge in [0.15, 0.2) is 5.65 Å². The summed E-state index contributed by atoms with van der Waals surface area (Å²) < 4.78 is 0. The van der Waals surface area contributed by atoms with Gasteiger partial charge in [-0.1, -0.05) is 0 Å². The number of aromatic nitrogens is 3. The van der Waals surface area contributed by atoms with Crippen LogP contribution < -0.4 is 0 Å². The van der Waals surface area contributed by atoms with E-state index in [4.69, 9.17) is 5.26 Å². The van der Waals surface area contributed by atoms with Gasteiger partial charge < -0.3 is 0 Å². The zero-order valence-electron chi connectivity index (χ0n) is 7.02. The molecule has 0 saturated heterocycles. The van der Waals surface area contributed by atoms with Crippen LogP contribution in [0.1, 0.15) is 11.3 Å². The highest BCUT2D eigenvalue weighted by Gasteiger charge is 2.02. The minimum Gasteiger partial charge on any atom is -0.244 e. The van der Waals surface area contributed by atoms with Crippen LogP contribution in [0.25, 0.3) is 11.0 Å². The summed E-state index contributed by atoms with van der Waals surface area (Å²) in [5, 5.41) is 9.54. The van der Waals surface area contributed by atoms with Crippen molar-refractivity contribution < 1.29 is 0 Å². The summed E-state index contributed by atoms with van der Waals surface area (Å²) in [6.07, 6.45) is 3.09. The Morgan fingerprint density at radius 2 is 2.31 bits per heavy atom. The summed E-state index contributed by atoms with van der Waals surface area (Å²) in [7, 11) is 0. The monoisotopic (exact) mass is 170 g/mol. The van der Waals surface area contributed by atoms with E-state index in [1.54, 1.807) is 19.2 Å². The van der Waals surface area contributed by atoms with Crippen LogP contribution in [-0.4, -0.2) is 15.0 Å². The highest BCUT2D eigenvalue weighted by molar-refractivity contribution is 5.75. The molecule has 0 unspecified atom stereocenters. The molecular formula is C9H6N4. The number of rotatable bonds is 0. The van der Waals surface area contributed by atoms with Crippen molar-refractivity contribution in [1.82, 2.24) is 15.0 Å². The summed E-state index contributed by atoms with van der Waals surface area (Å²) >= 11 is 0. The second kappa shape index (κ2) is 2.79. The van der Waals surface area contributed by atoms with E-state index in [2.05, 4.69) is 21.0 Å². The second-order valence-electron chi connectivity index (χ2n) is 2.67. The minimum absolute atomic E-state index is 0.572. The first kappa shape index (κ1) is 7.62. The highest BCUT2D eigenvalue weighted by Crippen LogP contribution is 2.11. The van der Waals surface area contributed by atoms with Gasteiger partial charge in [-0.2, -0.15) is 5.26 Å². The molecule has 0 saturated carbocycles. The van der Waals surface area contributed by atoms with E-state index in [0.29, 0.717) is 16.9 Å². The fourth-order valence-corrected chi connectivity index (χ4v) is 1.12. The number of hydrogen-bond acceptors (Lipinski definition) is 4. The van der Waals surface area contributed by atoms with E-state index in [1.807, 2.05) is 0 Å². The quantitative estimate of drug-likeness (QED) is 0.596. The molecule has 0 aromatic carbocycles. The molecule has 13 heavy (non-hydrogen) atoms. The Kier molecular flexibility index (Phi) is 1.64. The van der Waals surface area contributed by atoms with E-state index in [1.165, 1.54) is 6.33 Å². The van der Waals surface area contributed by atoms with Gasteiger partial charge in [-0.15, -0.1) is 0 Å². The number of hydrogen-bond donors (Lipinski definition) is 0. The molecule has 0 amide bonds. The van der Waals surface area contributed by atoms with Crippen molar-refractivity contribution in [2.24, 2.45) is 0 Å². The molecule has 0 fully saturated rings. The normalized spacial score (nSPS) is 9.85. The van der Waals surface area contributed by atoms with Crippen LogP contribution in [0.5, 0.6) is 0 Å². The summed E-state index contributed by atoms with van der Waals surface area (Å²) in [6, 6.07) is 3.82. The summed E-state index contributed by atoms with van der Waals surface area (Å²) in [6.45, 7) is 1.79. The van der Waals surface area contributed by atoms with Crippen molar-refractivity contribution in [2.75, 3.05) is 0 Å². The van der Waals surface area contributed by atoms with Crippen molar-refractivity contribution in [2.45, 2.75) is 6.92 Å².